The molecule has 0 unspecified atom stereocenters. The molecule has 0 aromatic heterocycles. The molecule has 2 N–H and O–H groups in total. The van der Waals surface area contributed by atoms with Gasteiger partial charge in [-0.05, 0) is 42.0 Å². The molecule has 0 atom stereocenters. The number of benzene rings is 2. The monoisotopic (exact) mass is 287 g/mol. The van der Waals surface area contributed by atoms with Crippen molar-refractivity contribution in [2.45, 2.75) is 6.61 Å². The summed E-state index contributed by atoms with van der Waals surface area (Å²) in [6.45, 7) is -0.0283. The van der Waals surface area contributed by atoms with E-state index >= 15 is 0 Å². The van der Waals surface area contributed by atoms with Gasteiger partial charge < -0.3 is 19.9 Å². The van der Waals surface area contributed by atoms with Crippen LogP contribution in [0.1, 0.15) is 5.56 Å². The van der Waals surface area contributed by atoms with Gasteiger partial charge in [-0.25, -0.2) is 4.79 Å². The number of rotatable bonds is 7. The molecule has 0 aliphatic rings. The van der Waals surface area contributed by atoms with E-state index in [4.69, 9.17) is 14.6 Å². The summed E-state index contributed by atoms with van der Waals surface area (Å²) >= 11 is 0. The Morgan fingerprint density at radius 2 is 1.62 bits per heavy atom. The van der Waals surface area contributed by atoms with E-state index in [1.807, 2.05) is 55.6 Å². The van der Waals surface area contributed by atoms with Crippen molar-refractivity contribution in [3.63, 3.8) is 0 Å². The minimum Gasteiger partial charge on any atom is -0.480 e. The summed E-state index contributed by atoms with van der Waals surface area (Å²) in [7, 11) is 1.86. The number of nitrogens with one attached hydrogen (secondary N) is 1. The van der Waals surface area contributed by atoms with Crippen LogP contribution < -0.4 is 10.1 Å². The summed E-state index contributed by atoms with van der Waals surface area (Å²) in [5.74, 6) is 0.498. The Morgan fingerprint density at radius 1 is 1.05 bits per heavy atom. The molecule has 0 saturated carbocycles. The largest absolute Gasteiger partial charge is 0.480 e. The molecule has 0 aliphatic carbocycles. The number of hydrogen-bond acceptors (Lipinski definition) is 4. The lowest BCUT2D eigenvalue weighted by atomic mass is 10.2. The molecule has 110 valence electrons. The Balaban J connectivity index is 1.90. The highest BCUT2D eigenvalue weighted by atomic mass is 16.5. The third kappa shape index (κ3) is 4.81. The van der Waals surface area contributed by atoms with Crippen LogP contribution in [0.25, 0.3) is 0 Å². The molecule has 0 heterocycles. The third-order valence-electron chi connectivity index (χ3n) is 2.80. The fraction of sp³-hybridized carbons (Fsp3) is 0.188. The van der Waals surface area contributed by atoms with Crippen LogP contribution in [0.15, 0.2) is 48.5 Å². The Morgan fingerprint density at radius 3 is 2.14 bits per heavy atom. The van der Waals surface area contributed by atoms with Gasteiger partial charge in [0.2, 0.25) is 0 Å². The van der Waals surface area contributed by atoms with E-state index in [1.165, 1.54) is 0 Å². The topological polar surface area (TPSA) is 67.8 Å². The molecule has 0 spiro atoms. The average molecular weight is 287 g/mol. The van der Waals surface area contributed by atoms with Gasteiger partial charge in [-0.3, -0.25) is 0 Å². The van der Waals surface area contributed by atoms with Gasteiger partial charge in [-0.2, -0.15) is 0 Å². The second kappa shape index (κ2) is 7.31. The Kier molecular flexibility index (Phi) is 5.17. The van der Waals surface area contributed by atoms with Crippen molar-refractivity contribution in [3.05, 3.63) is 54.1 Å². The molecule has 21 heavy (non-hydrogen) atoms. The van der Waals surface area contributed by atoms with E-state index in [0.29, 0.717) is 5.75 Å². The lowest BCUT2D eigenvalue weighted by Gasteiger charge is -2.08. The van der Waals surface area contributed by atoms with Gasteiger partial charge in [-0.1, -0.05) is 12.1 Å². The Labute approximate surface area is 123 Å². The van der Waals surface area contributed by atoms with E-state index in [9.17, 15) is 4.79 Å². The van der Waals surface area contributed by atoms with E-state index in [0.717, 1.165) is 17.0 Å². The van der Waals surface area contributed by atoms with E-state index < -0.39 is 5.97 Å². The number of carboxylic acid groups (broad SMARTS) is 1. The summed E-state index contributed by atoms with van der Waals surface area (Å²) in [5, 5.41) is 11.5. The predicted octanol–water partition coefficient (Wildman–Crippen LogP) is 3.12. The van der Waals surface area contributed by atoms with Crippen LogP contribution in [0.2, 0.25) is 0 Å². The fourth-order valence-electron chi connectivity index (χ4n) is 1.74. The normalized spacial score (nSPS) is 10.1. The molecule has 0 saturated heterocycles. The SMILES string of the molecule is CNc1ccc(Oc2ccc(COCC(=O)O)cc2)cc1. The number of carboxylic acids is 1. The van der Waals surface area contributed by atoms with Crippen molar-refractivity contribution in [2.24, 2.45) is 0 Å². The minimum atomic E-state index is -0.972. The van der Waals surface area contributed by atoms with Crippen LogP contribution in [0.4, 0.5) is 5.69 Å². The van der Waals surface area contributed by atoms with Crippen LogP contribution in [-0.2, 0) is 16.1 Å². The number of aliphatic carboxylic acids is 1. The van der Waals surface area contributed by atoms with E-state index in [1.54, 1.807) is 0 Å². The number of ether oxygens (including phenoxy) is 2. The molecule has 5 heteroatoms. The molecule has 0 fully saturated rings. The van der Waals surface area contributed by atoms with Gasteiger partial charge in [0, 0.05) is 12.7 Å². The first-order valence-electron chi connectivity index (χ1n) is 6.51. The van der Waals surface area contributed by atoms with Crippen LogP contribution in [0.5, 0.6) is 11.5 Å². The van der Waals surface area contributed by atoms with Crippen LogP contribution in [-0.4, -0.2) is 24.7 Å². The standard InChI is InChI=1S/C16H17NO4/c1-17-13-4-8-15(9-5-13)21-14-6-2-12(3-7-14)10-20-11-16(18)19/h2-9,17H,10-11H2,1H3,(H,18,19). The maximum absolute atomic E-state index is 10.3. The molecular formula is C16H17NO4. The van der Waals surface area contributed by atoms with Gasteiger partial charge in [-0.15, -0.1) is 0 Å². The maximum Gasteiger partial charge on any atom is 0.329 e. The number of carbonyl (C=O) groups is 1. The van der Waals surface area contributed by atoms with E-state index in [2.05, 4.69) is 5.32 Å². The average Bonchev–Trinajstić information content (AvgIpc) is 2.49. The summed E-state index contributed by atoms with van der Waals surface area (Å²) in [6.07, 6.45) is 0. The van der Waals surface area contributed by atoms with Gasteiger partial charge in [0.25, 0.3) is 0 Å². The van der Waals surface area contributed by atoms with Crippen molar-refractivity contribution in [1.82, 2.24) is 0 Å². The maximum atomic E-state index is 10.3. The van der Waals surface area contributed by atoms with Crippen molar-refractivity contribution in [1.29, 1.82) is 0 Å². The lowest BCUT2D eigenvalue weighted by molar-refractivity contribution is -0.142. The second-order valence-corrected chi connectivity index (χ2v) is 4.41. The summed E-state index contributed by atoms with van der Waals surface area (Å²) in [4.78, 5) is 10.3. The highest BCUT2D eigenvalue weighted by molar-refractivity contribution is 5.68. The van der Waals surface area contributed by atoms with Crippen molar-refractivity contribution in [2.75, 3.05) is 19.0 Å². The zero-order valence-corrected chi connectivity index (χ0v) is 11.7. The fourth-order valence-corrected chi connectivity index (χ4v) is 1.74. The van der Waals surface area contributed by atoms with Crippen LogP contribution >= 0.6 is 0 Å². The summed E-state index contributed by atoms with van der Waals surface area (Å²) < 4.78 is 10.7. The second-order valence-electron chi connectivity index (χ2n) is 4.41. The number of hydrogen-bond donors (Lipinski definition) is 2. The first-order chi connectivity index (χ1) is 10.2. The molecule has 0 aliphatic heterocycles. The Bertz CT molecular complexity index is 578. The minimum absolute atomic E-state index is 0.267. The predicted molar refractivity (Wildman–Crippen MR) is 79.8 cm³/mol. The zero-order chi connectivity index (χ0) is 15.1. The molecule has 0 bridgehead atoms. The molecule has 0 amide bonds. The summed E-state index contributed by atoms with van der Waals surface area (Å²) in [5.41, 5.74) is 1.92. The van der Waals surface area contributed by atoms with Gasteiger partial charge in [0.05, 0.1) is 6.61 Å². The smallest absolute Gasteiger partial charge is 0.329 e. The van der Waals surface area contributed by atoms with Crippen LogP contribution in [0, 0.1) is 0 Å². The van der Waals surface area contributed by atoms with Gasteiger partial charge in [0.1, 0.15) is 18.1 Å². The summed E-state index contributed by atoms with van der Waals surface area (Å²) in [6, 6.07) is 15.0. The van der Waals surface area contributed by atoms with Crippen molar-refractivity contribution in [3.8, 4) is 11.5 Å². The zero-order valence-electron chi connectivity index (χ0n) is 11.7. The number of anilines is 1. The molecular weight excluding hydrogens is 270 g/mol. The van der Waals surface area contributed by atoms with Gasteiger partial charge >= 0.3 is 5.97 Å². The molecule has 2 aromatic carbocycles. The Hall–Kier alpha value is -2.53. The third-order valence-corrected chi connectivity index (χ3v) is 2.80. The van der Waals surface area contributed by atoms with Crippen LogP contribution in [0.3, 0.4) is 0 Å². The lowest BCUT2D eigenvalue weighted by Crippen LogP contribution is -2.06. The first-order valence-corrected chi connectivity index (χ1v) is 6.51. The molecule has 2 rings (SSSR count). The van der Waals surface area contributed by atoms with Crippen molar-refractivity contribution < 1.29 is 19.4 Å². The van der Waals surface area contributed by atoms with Gasteiger partial charge in [0.15, 0.2) is 0 Å². The molecule has 2 aromatic rings. The quantitative estimate of drug-likeness (QED) is 0.819. The van der Waals surface area contributed by atoms with E-state index in [-0.39, 0.29) is 13.2 Å². The molecule has 0 radical (unpaired) electrons. The van der Waals surface area contributed by atoms with Crippen molar-refractivity contribution >= 4 is 11.7 Å². The first kappa shape index (κ1) is 14.9. The molecule has 5 nitrogen and oxygen atoms in total. The highest BCUT2D eigenvalue weighted by Gasteiger charge is 2.00. The highest BCUT2D eigenvalue weighted by Crippen LogP contribution is 2.23.